The van der Waals surface area contributed by atoms with Crippen LogP contribution in [0, 0.1) is 13.8 Å². The molecule has 6 nitrogen and oxygen atoms in total. The molecule has 0 aliphatic rings. The number of ketones is 1. The normalized spacial score (nSPS) is 11.7. The predicted molar refractivity (Wildman–Crippen MR) is 144 cm³/mol. The van der Waals surface area contributed by atoms with Crippen molar-refractivity contribution in [1.82, 2.24) is 0 Å². The Labute approximate surface area is 219 Å². The van der Waals surface area contributed by atoms with Gasteiger partial charge in [0.1, 0.15) is 23.9 Å². The fourth-order valence-corrected chi connectivity index (χ4v) is 4.37. The van der Waals surface area contributed by atoms with Crippen molar-refractivity contribution in [2.24, 2.45) is 0 Å². The van der Waals surface area contributed by atoms with Gasteiger partial charge in [0.05, 0.1) is 19.1 Å². The molecule has 6 heteroatoms. The molecule has 0 saturated carbocycles. The van der Waals surface area contributed by atoms with Gasteiger partial charge in [0, 0.05) is 13.0 Å². The molecule has 0 unspecified atom stereocenters. The summed E-state index contributed by atoms with van der Waals surface area (Å²) in [5.74, 6) is 0.813. The van der Waals surface area contributed by atoms with Crippen LogP contribution in [0.15, 0.2) is 60.7 Å². The van der Waals surface area contributed by atoms with Crippen LogP contribution in [0.1, 0.15) is 61.5 Å². The van der Waals surface area contributed by atoms with E-state index in [-0.39, 0.29) is 12.2 Å². The van der Waals surface area contributed by atoms with Gasteiger partial charge in [-0.3, -0.25) is 4.79 Å². The van der Waals surface area contributed by atoms with E-state index in [4.69, 9.17) is 19.3 Å². The standard InChI is InChI=1S/C31H36O6/c1-5-35-29(19-30(33)34)25-11-13-27(14-12-25)37-20-24-9-6-10-26(18-24)31-21(2)16-28(17-22(31)3)36-15-7-8-23(4)32/h6,9-14,16-18,29H,5,7-8,15,19-20H2,1-4H3,(H,33,34)/t29-/m0/s1. The summed E-state index contributed by atoms with van der Waals surface area (Å²) in [7, 11) is 0. The third kappa shape index (κ3) is 8.46. The molecule has 0 aromatic heterocycles. The second-order valence-electron chi connectivity index (χ2n) is 9.19. The van der Waals surface area contributed by atoms with Gasteiger partial charge in [-0.1, -0.05) is 30.3 Å². The average molecular weight is 505 g/mol. The number of benzene rings is 3. The van der Waals surface area contributed by atoms with Crippen molar-refractivity contribution in [3.05, 3.63) is 82.9 Å². The minimum atomic E-state index is -0.893. The lowest BCUT2D eigenvalue weighted by Crippen LogP contribution is -2.10. The second-order valence-corrected chi connectivity index (χ2v) is 9.19. The number of hydrogen-bond acceptors (Lipinski definition) is 5. The fraction of sp³-hybridized carbons (Fsp3) is 0.355. The van der Waals surface area contributed by atoms with Gasteiger partial charge in [-0.25, -0.2) is 0 Å². The molecule has 0 spiro atoms. The number of ether oxygens (including phenoxy) is 3. The van der Waals surface area contributed by atoms with Crippen molar-refractivity contribution >= 4 is 11.8 Å². The van der Waals surface area contributed by atoms with Gasteiger partial charge in [-0.05, 0) is 97.8 Å². The van der Waals surface area contributed by atoms with E-state index in [2.05, 4.69) is 26.0 Å². The fourth-order valence-electron chi connectivity index (χ4n) is 4.37. The lowest BCUT2D eigenvalue weighted by atomic mass is 9.94. The average Bonchev–Trinajstić information content (AvgIpc) is 2.85. The van der Waals surface area contributed by atoms with Crippen LogP contribution in [0.5, 0.6) is 11.5 Å². The Morgan fingerprint density at radius 3 is 2.24 bits per heavy atom. The number of carbonyl (C=O) groups is 2. The summed E-state index contributed by atoms with van der Waals surface area (Å²) in [6.45, 7) is 8.99. The first-order valence-corrected chi connectivity index (χ1v) is 12.7. The first-order valence-electron chi connectivity index (χ1n) is 12.7. The molecule has 1 atom stereocenters. The summed E-state index contributed by atoms with van der Waals surface area (Å²) in [6, 6.07) is 19.8. The highest BCUT2D eigenvalue weighted by Gasteiger charge is 2.16. The second kappa shape index (κ2) is 13.6. The number of carboxylic acid groups (broad SMARTS) is 1. The van der Waals surface area contributed by atoms with Crippen LogP contribution in [0.3, 0.4) is 0 Å². The van der Waals surface area contributed by atoms with E-state index >= 15 is 0 Å². The SMILES string of the molecule is CCO[C@@H](CC(=O)O)c1ccc(OCc2cccc(-c3c(C)cc(OCCCC(C)=O)cc3C)c2)cc1. The van der Waals surface area contributed by atoms with Crippen LogP contribution < -0.4 is 9.47 Å². The van der Waals surface area contributed by atoms with Gasteiger partial charge in [0.2, 0.25) is 0 Å². The molecule has 0 saturated heterocycles. The number of Topliss-reactive ketones (excluding diaryl/α,β-unsaturated/α-hetero) is 1. The van der Waals surface area contributed by atoms with Gasteiger partial charge in [-0.15, -0.1) is 0 Å². The Morgan fingerprint density at radius 2 is 1.62 bits per heavy atom. The lowest BCUT2D eigenvalue weighted by molar-refractivity contribution is -0.140. The van der Waals surface area contributed by atoms with Crippen LogP contribution in [0.4, 0.5) is 0 Å². The van der Waals surface area contributed by atoms with Crippen LogP contribution >= 0.6 is 0 Å². The number of carboxylic acids is 1. The maximum Gasteiger partial charge on any atom is 0.306 e. The third-order valence-corrected chi connectivity index (χ3v) is 6.05. The molecule has 3 aromatic rings. The molecular weight excluding hydrogens is 468 g/mol. The van der Waals surface area contributed by atoms with E-state index in [9.17, 15) is 9.59 Å². The van der Waals surface area contributed by atoms with E-state index in [1.54, 1.807) is 6.92 Å². The smallest absolute Gasteiger partial charge is 0.306 e. The molecule has 1 N–H and O–H groups in total. The summed E-state index contributed by atoms with van der Waals surface area (Å²) in [4.78, 5) is 22.2. The van der Waals surface area contributed by atoms with Crippen LogP contribution in [0.2, 0.25) is 0 Å². The number of hydrogen-bond donors (Lipinski definition) is 1. The minimum absolute atomic E-state index is 0.0767. The van der Waals surface area contributed by atoms with Crippen LogP contribution in [-0.4, -0.2) is 30.1 Å². The maximum atomic E-state index is 11.1. The summed E-state index contributed by atoms with van der Waals surface area (Å²) in [5.41, 5.74) is 6.39. The predicted octanol–water partition coefficient (Wildman–Crippen LogP) is 6.85. The Morgan fingerprint density at radius 1 is 0.919 bits per heavy atom. The van der Waals surface area contributed by atoms with Crippen molar-refractivity contribution in [2.75, 3.05) is 13.2 Å². The summed E-state index contributed by atoms with van der Waals surface area (Å²) < 4.78 is 17.5. The highest BCUT2D eigenvalue weighted by molar-refractivity contribution is 5.75. The highest BCUT2D eigenvalue weighted by Crippen LogP contribution is 2.32. The summed E-state index contributed by atoms with van der Waals surface area (Å²) in [6.07, 6.45) is 0.701. The van der Waals surface area contributed by atoms with E-state index in [1.807, 2.05) is 55.5 Å². The molecule has 0 aliphatic carbocycles. The Hall–Kier alpha value is -3.64. The van der Waals surface area contributed by atoms with E-state index in [0.29, 0.717) is 32.0 Å². The molecule has 0 bridgehead atoms. The molecule has 37 heavy (non-hydrogen) atoms. The van der Waals surface area contributed by atoms with E-state index < -0.39 is 12.1 Å². The zero-order valence-electron chi connectivity index (χ0n) is 22.1. The number of aryl methyl sites for hydroxylation is 2. The van der Waals surface area contributed by atoms with Crippen molar-refractivity contribution in [3.63, 3.8) is 0 Å². The molecule has 0 radical (unpaired) electrons. The number of aliphatic carboxylic acids is 1. The third-order valence-electron chi connectivity index (χ3n) is 6.05. The molecule has 3 rings (SSSR count). The molecule has 0 amide bonds. The van der Waals surface area contributed by atoms with Crippen LogP contribution in [-0.2, 0) is 20.9 Å². The van der Waals surface area contributed by atoms with Crippen molar-refractivity contribution in [1.29, 1.82) is 0 Å². The van der Waals surface area contributed by atoms with Gasteiger partial charge in [-0.2, -0.15) is 0 Å². The molecule has 196 valence electrons. The summed E-state index contributed by atoms with van der Waals surface area (Å²) >= 11 is 0. The number of rotatable bonds is 14. The van der Waals surface area contributed by atoms with E-state index in [1.165, 1.54) is 5.56 Å². The maximum absolute atomic E-state index is 11.1. The van der Waals surface area contributed by atoms with Gasteiger partial charge in [0.25, 0.3) is 0 Å². The highest BCUT2D eigenvalue weighted by atomic mass is 16.5. The Kier molecular flexibility index (Phi) is 10.3. The minimum Gasteiger partial charge on any atom is -0.494 e. The monoisotopic (exact) mass is 504 g/mol. The lowest BCUT2D eigenvalue weighted by Gasteiger charge is -2.16. The van der Waals surface area contributed by atoms with Crippen molar-refractivity contribution in [3.8, 4) is 22.6 Å². The van der Waals surface area contributed by atoms with E-state index in [0.717, 1.165) is 40.0 Å². The molecule has 3 aromatic carbocycles. The molecular formula is C31H36O6. The molecule has 0 fully saturated rings. The summed E-state index contributed by atoms with van der Waals surface area (Å²) in [5, 5.41) is 9.13. The zero-order valence-corrected chi connectivity index (χ0v) is 22.1. The number of carbonyl (C=O) groups excluding carboxylic acids is 1. The van der Waals surface area contributed by atoms with Gasteiger partial charge in [0.15, 0.2) is 0 Å². The molecule has 0 aliphatic heterocycles. The Bertz CT molecular complexity index is 1180. The Balaban J connectivity index is 1.66. The van der Waals surface area contributed by atoms with Gasteiger partial charge < -0.3 is 24.1 Å². The largest absolute Gasteiger partial charge is 0.494 e. The van der Waals surface area contributed by atoms with Crippen LogP contribution in [0.25, 0.3) is 11.1 Å². The zero-order chi connectivity index (χ0) is 26.8. The van der Waals surface area contributed by atoms with Crippen molar-refractivity contribution < 1.29 is 28.9 Å². The first-order chi connectivity index (χ1) is 17.8. The molecule has 0 heterocycles. The topological polar surface area (TPSA) is 82.1 Å². The first kappa shape index (κ1) is 27.9. The van der Waals surface area contributed by atoms with Gasteiger partial charge >= 0.3 is 5.97 Å². The quantitative estimate of drug-likeness (QED) is 0.242. The van der Waals surface area contributed by atoms with Crippen molar-refractivity contribution in [2.45, 2.75) is 59.7 Å².